The first-order valence-corrected chi connectivity index (χ1v) is 15.0. The molecular weight excluding hydrogens is 534 g/mol. The summed E-state index contributed by atoms with van der Waals surface area (Å²) in [5.74, 6) is 0. The zero-order valence-corrected chi connectivity index (χ0v) is 23.9. The summed E-state index contributed by atoms with van der Waals surface area (Å²) in [4.78, 5) is 2.37. The average molecular weight is 562 g/mol. The summed E-state index contributed by atoms with van der Waals surface area (Å²) in [6.07, 6.45) is 0. The van der Waals surface area contributed by atoms with Crippen molar-refractivity contribution in [1.82, 2.24) is 0 Å². The highest BCUT2D eigenvalue weighted by molar-refractivity contribution is 6.11. The highest BCUT2D eigenvalue weighted by atomic mass is 16.3. The van der Waals surface area contributed by atoms with Gasteiger partial charge < -0.3 is 9.32 Å². The molecule has 0 aliphatic rings. The number of benzene rings is 8. The smallest absolute Gasteiger partial charge is 0.136 e. The lowest BCUT2D eigenvalue weighted by Gasteiger charge is -2.27. The Kier molecular flexibility index (Phi) is 5.54. The van der Waals surface area contributed by atoms with Crippen LogP contribution in [0.1, 0.15) is 0 Å². The van der Waals surface area contributed by atoms with Crippen LogP contribution < -0.4 is 4.90 Å². The monoisotopic (exact) mass is 561 g/mol. The van der Waals surface area contributed by atoms with Crippen molar-refractivity contribution < 1.29 is 4.42 Å². The van der Waals surface area contributed by atoms with E-state index in [0.29, 0.717) is 0 Å². The Morgan fingerprint density at radius 1 is 0.318 bits per heavy atom. The Balaban J connectivity index is 1.26. The summed E-state index contributed by atoms with van der Waals surface area (Å²) < 4.78 is 6.19. The Hall–Kier alpha value is -5.86. The van der Waals surface area contributed by atoms with E-state index in [1.165, 1.54) is 38.1 Å². The fraction of sp³-hybridized carbons (Fsp3) is 0. The molecule has 0 unspecified atom stereocenters. The minimum absolute atomic E-state index is 0.917. The van der Waals surface area contributed by atoms with Crippen LogP contribution >= 0.6 is 0 Å². The lowest BCUT2D eigenvalue weighted by Crippen LogP contribution is -2.10. The predicted octanol–water partition coefficient (Wildman–Crippen LogP) is 12.2. The Labute approximate surface area is 255 Å². The Bertz CT molecular complexity index is 2510. The third-order valence-electron chi connectivity index (χ3n) is 8.78. The summed E-state index contributed by atoms with van der Waals surface area (Å²) >= 11 is 0. The van der Waals surface area contributed by atoms with Crippen LogP contribution in [0.3, 0.4) is 0 Å². The second-order valence-electron chi connectivity index (χ2n) is 11.4. The van der Waals surface area contributed by atoms with E-state index in [2.05, 4.69) is 157 Å². The molecule has 9 rings (SSSR count). The standard InChI is InChI=1S/C42H27NO/c1-2-9-28(10-3-1)30-12-8-13-34(23-30)43(36-21-22-38-32(24-36)18-17-29-11-4-5-14-37(29)38)35-20-19-31-27-42-40(26-33(31)25-35)39-15-6-7-16-41(39)44-42/h1-27H. The maximum Gasteiger partial charge on any atom is 0.136 e. The van der Waals surface area contributed by atoms with Gasteiger partial charge >= 0.3 is 0 Å². The Morgan fingerprint density at radius 3 is 1.89 bits per heavy atom. The molecule has 0 bridgehead atoms. The predicted molar refractivity (Wildman–Crippen MR) is 186 cm³/mol. The second kappa shape index (κ2) is 9.86. The van der Waals surface area contributed by atoms with E-state index in [1.807, 2.05) is 12.1 Å². The molecule has 0 saturated carbocycles. The van der Waals surface area contributed by atoms with Gasteiger partial charge in [0.25, 0.3) is 0 Å². The largest absolute Gasteiger partial charge is 0.456 e. The van der Waals surface area contributed by atoms with Crippen LogP contribution in [0, 0.1) is 0 Å². The number of hydrogen-bond acceptors (Lipinski definition) is 2. The fourth-order valence-corrected chi connectivity index (χ4v) is 6.64. The van der Waals surface area contributed by atoms with Gasteiger partial charge in [0.15, 0.2) is 0 Å². The molecule has 44 heavy (non-hydrogen) atoms. The van der Waals surface area contributed by atoms with Crippen molar-refractivity contribution >= 4 is 71.3 Å². The number of anilines is 3. The topological polar surface area (TPSA) is 16.4 Å². The second-order valence-corrected chi connectivity index (χ2v) is 11.4. The molecule has 0 aliphatic heterocycles. The number of hydrogen-bond donors (Lipinski definition) is 0. The van der Waals surface area contributed by atoms with Crippen molar-refractivity contribution in [1.29, 1.82) is 0 Å². The molecule has 1 aromatic heterocycles. The van der Waals surface area contributed by atoms with Crippen LogP contribution in [0.15, 0.2) is 168 Å². The zero-order valence-electron chi connectivity index (χ0n) is 23.9. The number of furan rings is 1. The van der Waals surface area contributed by atoms with Gasteiger partial charge in [0.05, 0.1) is 0 Å². The number of para-hydroxylation sites is 1. The van der Waals surface area contributed by atoms with Crippen molar-refractivity contribution in [3.05, 3.63) is 164 Å². The summed E-state index contributed by atoms with van der Waals surface area (Å²) in [5, 5.41) is 9.63. The van der Waals surface area contributed by atoms with Crippen LogP contribution in [0.25, 0.3) is 65.4 Å². The average Bonchev–Trinajstić information content (AvgIpc) is 3.45. The van der Waals surface area contributed by atoms with E-state index < -0.39 is 0 Å². The van der Waals surface area contributed by atoms with Gasteiger partial charge in [0, 0.05) is 27.8 Å². The molecule has 0 amide bonds. The fourth-order valence-electron chi connectivity index (χ4n) is 6.64. The summed E-state index contributed by atoms with van der Waals surface area (Å²) in [5.41, 5.74) is 7.56. The molecule has 9 aromatic rings. The molecule has 206 valence electrons. The van der Waals surface area contributed by atoms with Crippen LogP contribution in [0.5, 0.6) is 0 Å². The Morgan fingerprint density at radius 2 is 0.977 bits per heavy atom. The number of rotatable bonds is 4. The van der Waals surface area contributed by atoms with E-state index in [1.54, 1.807) is 0 Å². The zero-order chi connectivity index (χ0) is 29.0. The minimum Gasteiger partial charge on any atom is -0.456 e. The molecule has 0 spiro atoms. The summed E-state index contributed by atoms with van der Waals surface area (Å²) in [6, 6.07) is 58.7. The molecular formula is C42H27NO. The SMILES string of the molecule is c1ccc(-c2cccc(N(c3ccc4cc5oc6ccccc6c5cc4c3)c3ccc4c(ccc5ccccc54)c3)c2)cc1. The number of fused-ring (bicyclic) bond motifs is 7. The first-order chi connectivity index (χ1) is 21.8. The van der Waals surface area contributed by atoms with Gasteiger partial charge in [-0.25, -0.2) is 0 Å². The molecule has 8 aromatic carbocycles. The lowest BCUT2D eigenvalue weighted by molar-refractivity contribution is 0.669. The van der Waals surface area contributed by atoms with Crippen LogP contribution in [-0.4, -0.2) is 0 Å². The molecule has 0 radical (unpaired) electrons. The molecule has 2 heteroatoms. The van der Waals surface area contributed by atoms with Gasteiger partial charge in [-0.15, -0.1) is 0 Å². The highest BCUT2D eigenvalue weighted by Crippen LogP contribution is 2.41. The van der Waals surface area contributed by atoms with Gasteiger partial charge in [-0.1, -0.05) is 109 Å². The molecule has 0 fully saturated rings. The van der Waals surface area contributed by atoms with Crippen LogP contribution in [0.4, 0.5) is 17.1 Å². The molecule has 2 nitrogen and oxygen atoms in total. The van der Waals surface area contributed by atoms with E-state index >= 15 is 0 Å². The molecule has 0 aliphatic carbocycles. The first-order valence-electron chi connectivity index (χ1n) is 15.0. The summed E-state index contributed by atoms with van der Waals surface area (Å²) in [7, 11) is 0. The quantitative estimate of drug-likeness (QED) is 0.199. The molecule has 0 atom stereocenters. The van der Waals surface area contributed by atoms with Gasteiger partial charge in [-0.3, -0.25) is 0 Å². The van der Waals surface area contributed by atoms with Gasteiger partial charge in [-0.2, -0.15) is 0 Å². The van der Waals surface area contributed by atoms with Crippen molar-refractivity contribution in [2.24, 2.45) is 0 Å². The third-order valence-corrected chi connectivity index (χ3v) is 8.78. The maximum absolute atomic E-state index is 6.19. The van der Waals surface area contributed by atoms with E-state index in [9.17, 15) is 0 Å². The van der Waals surface area contributed by atoms with Crippen molar-refractivity contribution in [3.63, 3.8) is 0 Å². The summed E-state index contributed by atoms with van der Waals surface area (Å²) in [6.45, 7) is 0. The van der Waals surface area contributed by atoms with Crippen LogP contribution in [-0.2, 0) is 0 Å². The van der Waals surface area contributed by atoms with E-state index in [-0.39, 0.29) is 0 Å². The van der Waals surface area contributed by atoms with Crippen LogP contribution in [0.2, 0.25) is 0 Å². The van der Waals surface area contributed by atoms with Crippen molar-refractivity contribution in [2.75, 3.05) is 4.90 Å². The van der Waals surface area contributed by atoms with E-state index in [4.69, 9.17) is 4.42 Å². The van der Waals surface area contributed by atoms with Gasteiger partial charge in [0.1, 0.15) is 11.2 Å². The minimum atomic E-state index is 0.917. The molecule has 0 N–H and O–H groups in total. The van der Waals surface area contributed by atoms with Gasteiger partial charge in [-0.05, 0) is 98.0 Å². The van der Waals surface area contributed by atoms with E-state index in [0.717, 1.165) is 44.4 Å². The van der Waals surface area contributed by atoms with Gasteiger partial charge in [0.2, 0.25) is 0 Å². The van der Waals surface area contributed by atoms with Crippen molar-refractivity contribution in [2.45, 2.75) is 0 Å². The normalized spacial score (nSPS) is 11.6. The number of nitrogens with zero attached hydrogens (tertiary/aromatic N) is 1. The first kappa shape index (κ1) is 24.7. The van der Waals surface area contributed by atoms with Crippen molar-refractivity contribution in [3.8, 4) is 11.1 Å². The maximum atomic E-state index is 6.19. The molecule has 1 heterocycles. The third kappa shape index (κ3) is 4.04. The lowest BCUT2D eigenvalue weighted by atomic mass is 10.00. The molecule has 0 saturated heterocycles. The highest BCUT2D eigenvalue weighted by Gasteiger charge is 2.16.